The average Bonchev–Trinajstić information content (AvgIpc) is 2.37. The first kappa shape index (κ1) is 14.7. The second-order valence-corrected chi connectivity index (χ2v) is 4.94. The van der Waals surface area contributed by atoms with Gasteiger partial charge in [-0.3, -0.25) is 0 Å². The minimum absolute atomic E-state index is 0.339. The molecule has 106 valence electrons. The molecular weight excluding hydrogens is 277 g/mol. The highest BCUT2D eigenvalue weighted by Gasteiger charge is 2.12. The lowest BCUT2D eigenvalue weighted by Gasteiger charge is -2.13. The summed E-state index contributed by atoms with van der Waals surface area (Å²) in [7, 11) is 0. The zero-order chi connectivity index (χ0) is 14.7. The zero-order valence-electron chi connectivity index (χ0n) is 11.8. The summed E-state index contributed by atoms with van der Waals surface area (Å²) in [6, 6.07) is 4.33. The summed E-state index contributed by atoms with van der Waals surface area (Å²) in [5.41, 5.74) is 2.56. The third-order valence-electron chi connectivity index (χ3n) is 3.03. The van der Waals surface area contributed by atoms with E-state index < -0.39 is 5.82 Å². The van der Waals surface area contributed by atoms with Gasteiger partial charge in [0.05, 0.1) is 0 Å². The summed E-state index contributed by atoms with van der Waals surface area (Å²) >= 11 is 5.89. The summed E-state index contributed by atoms with van der Waals surface area (Å²) < 4.78 is 13.5. The summed E-state index contributed by atoms with van der Waals surface area (Å²) in [6.45, 7) is 6.78. The van der Waals surface area contributed by atoms with Crippen LogP contribution in [0.15, 0.2) is 18.2 Å². The maximum Gasteiger partial charge on any atom is 0.161 e. The molecule has 3 nitrogen and oxygen atoms in total. The first-order chi connectivity index (χ1) is 9.55. The number of benzene rings is 1. The van der Waals surface area contributed by atoms with E-state index in [0.29, 0.717) is 16.4 Å². The smallest absolute Gasteiger partial charge is 0.161 e. The lowest BCUT2D eigenvalue weighted by atomic mass is 10.1. The highest BCUT2D eigenvalue weighted by atomic mass is 35.5. The Balaban J connectivity index is 2.57. The van der Waals surface area contributed by atoms with Crippen LogP contribution in [0.2, 0.25) is 5.02 Å². The zero-order valence-corrected chi connectivity index (χ0v) is 12.6. The van der Waals surface area contributed by atoms with E-state index in [2.05, 4.69) is 22.2 Å². The van der Waals surface area contributed by atoms with E-state index in [0.717, 1.165) is 30.0 Å². The molecule has 0 unspecified atom stereocenters. The van der Waals surface area contributed by atoms with Crippen molar-refractivity contribution in [2.45, 2.75) is 27.2 Å². The van der Waals surface area contributed by atoms with E-state index in [4.69, 9.17) is 11.6 Å². The molecule has 0 saturated carbocycles. The third-order valence-corrected chi connectivity index (χ3v) is 3.25. The lowest BCUT2D eigenvalue weighted by molar-refractivity contribution is 0.628. The van der Waals surface area contributed by atoms with Gasteiger partial charge in [-0.15, -0.1) is 0 Å². The number of nitrogens with one attached hydrogen (secondary N) is 1. The second-order valence-electron chi connectivity index (χ2n) is 4.50. The molecular formula is C15H17ClFN3. The number of rotatable bonds is 4. The number of hydrogen-bond donors (Lipinski definition) is 1. The largest absolute Gasteiger partial charge is 0.370 e. The van der Waals surface area contributed by atoms with Gasteiger partial charge < -0.3 is 5.32 Å². The minimum Gasteiger partial charge on any atom is -0.370 e. The Morgan fingerprint density at radius 3 is 2.55 bits per heavy atom. The van der Waals surface area contributed by atoms with Crippen molar-refractivity contribution >= 4 is 17.4 Å². The van der Waals surface area contributed by atoms with Crippen LogP contribution < -0.4 is 5.32 Å². The fourth-order valence-electron chi connectivity index (χ4n) is 2.15. The maximum atomic E-state index is 13.5. The Hall–Kier alpha value is -1.68. The Bertz CT molecular complexity index is 609. The molecule has 20 heavy (non-hydrogen) atoms. The molecule has 2 rings (SSSR count). The monoisotopic (exact) mass is 293 g/mol. The molecule has 1 aromatic heterocycles. The van der Waals surface area contributed by atoms with Gasteiger partial charge in [0.15, 0.2) is 5.82 Å². The van der Waals surface area contributed by atoms with E-state index in [1.54, 1.807) is 6.07 Å². The van der Waals surface area contributed by atoms with Crippen molar-refractivity contribution in [1.82, 2.24) is 9.97 Å². The van der Waals surface area contributed by atoms with Gasteiger partial charge in [-0.25, -0.2) is 14.4 Å². The molecule has 5 heteroatoms. The van der Waals surface area contributed by atoms with Crippen molar-refractivity contribution in [3.63, 3.8) is 0 Å². The van der Waals surface area contributed by atoms with Crippen LogP contribution in [-0.2, 0) is 6.42 Å². The predicted octanol–water partition coefficient (Wildman–Crippen LogP) is 4.24. The van der Waals surface area contributed by atoms with Gasteiger partial charge >= 0.3 is 0 Å². The van der Waals surface area contributed by atoms with Crippen molar-refractivity contribution < 1.29 is 4.39 Å². The molecule has 0 atom stereocenters. The van der Waals surface area contributed by atoms with Crippen LogP contribution in [0.25, 0.3) is 11.4 Å². The summed E-state index contributed by atoms with van der Waals surface area (Å²) in [4.78, 5) is 8.96. The second kappa shape index (κ2) is 6.18. The van der Waals surface area contributed by atoms with Gasteiger partial charge in [0, 0.05) is 28.4 Å². The predicted molar refractivity (Wildman–Crippen MR) is 80.7 cm³/mol. The molecule has 0 spiro atoms. The molecule has 0 aliphatic rings. The molecule has 0 saturated heterocycles. The topological polar surface area (TPSA) is 37.8 Å². The molecule has 0 aliphatic heterocycles. The van der Waals surface area contributed by atoms with E-state index in [1.165, 1.54) is 12.1 Å². The van der Waals surface area contributed by atoms with Crippen molar-refractivity contribution in [2.75, 3.05) is 11.9 Å². The van der Waals surface area contributed by atoms with Crippen molar-refractivity contribution in [2.24, 2.45) is 0 Å². The van der Waals surface area contributed by atoms with Gasteiger partial charge in [-0.05, 0) is 38.5 Å². The van der Waals surface area contributed by atoms with Crippen LogP contribution in [0.5, 0.6) is 0 Å². The van der Waals surface area contributed by atoms with Crippen LogP contribution >= 0.6 is 11.6 Å². The summed E-state index contributed by atoms with van der Waals surface area (Å²) in [5.74, 6) is 0.897. The highest BCUT2D eigenvalue weighted by molar-refractivity contribution is 6.30. The molecule has 0 radical (unpaired) electrons. The number of hydrogen-bond acceptors (Lipinski definition) is 3. The molecule has 1 heterocycles. The van der Waals surface area contributed by atoms with Gasteiger partial charge in [0.2, 0.25) is 0 Å². The van der Waals surface area contributed by atoms with Crippen molar-refractivity contribution in [1.29, 1.82) is 0 Å². The van der Waals surface area contributed by atoms with E-state index >= 15 is 0 Å². The fraction of sp³-hybridized carbons (Fsp3) is 0.333. The number of anilines is 1. The van der Waals surface area contributed by atoms with Gasteiger partial charge in [0.25, 0.3) is 0 Å². The van der Waals surface area contributed by atoms with E-state index in [1.807, 2.05) is 13.8 Å². The minimum atomic E-state index is -0.390. The lowest BCUT2D eigenvalue weighted by Crippen LogP contribution is -2.08. The van der Waals surface area contributed by atoms with Gasteiger partial charge in [0.1, 0.15) is 11.6 Å². The molecule has 1 aromatic carbocycles. The SMILES string of the molecule is CCNc1nc(-c2cc(F)cc(Cl)c2)nc(C)c1CC. The van der Waals surface area contributed by atoms with Crippen LogP contribution in [0.1, 0.15) is 25.1 Å². The Labute approximate surface area is 123 Å². The molecule has 0 fully saturated rings. The van der Waals surface area contributed by atoms with Gasteiger partial charge in [-0.1, -0.05) is 18.5 Å². The first-order valence-corrected chi connectivity index (χ1v) is 7.00. The summed E-state index contributed by atoms with van der Waals surface area (Å²) in [5, 5.41) is 3.57. The Kier molecular flexibility index (Phi) is 4.55. The number of halogens is 2. The number of nitrogens with zero attached hydrogens (tertiary/aromatic N) is 2. The maximum absolute atomic E-state index is 13.5. The average molecular weight is 294 g/mol. The number of aromatic nitrogens is 2. The standard InChI is InChI=1S/C15H17ClFN3/c1-4-13-9(3)19-14(20-15(13)18-5-2)10-6-11(16)8-12(17)7-10/h6-8H,4-5H2,1-3H3,(H,18,19,20). The summed E-state index contributed by atoms with van der Waals surface area (Å²) in [6.07, 6.45) is 0.846. The number of aryl methyl sites for hydroxylation is 1. The molecule has 0 aliphatic carbocycles. The van der Waals surface area contributed by atoms with Crippen LogP contribution in [-0.4, -0.2) is 16.5 Å². The van der Waals surface area contributed by atoms with Crippen LogP contribution in [0, 0.1) is 12.7 Å². The van der Waals surface area contributed by atoms with Gasteiger partial charge in [-0.2, -0.15) is 0 Å². The normalized spacial score (nSPS) is 10.7. The Morgan fingerprint density at radius 1 is 1.20 bits per heavy atom. The van der Waals surface area contributed by atoms with E-state index in [-0.39, 0.29) is 0 Å². The molecule has 2 aromatic rings. The molecule has 0 bridgehead atoms. The molecule has 0 amide bonds. The van der Waals surface area contributed by atoms with Crippen molar-refractivity contribution in [3.05, 3.63) is 40.3 Å². The van der Waals surface area contributed by atoms with Crippen molar-refractivity contribution in [3.8, 4) is 11.4 Å². The first-order valence-electron chi connectivity index (χ1n) is 6.63. The Morgan fingerprint density at radius 2 is 1.95 bits per heavy atom. The highest BCUT2D eigenvalue weighted by Crippen LogP contribution is 2.25. The van der Waals surface area contributed by atoms with E-state index in [9.17, 15) is 4.39 Å². The third kappa shape index (κ3) is 3.07. The van der Waals surface area contributed by atoms with Crippen LogP contribution in [0.4, 0.5) is 10.2 Å². The fourth-order valence-corrected chi connectivity index (χ4v) is 2.37. The molecule has 1 N–H and O–H groups in total. The quantitative estimate of drug-likeness (QED) is 0.916. The van der Waals surface area contributed by atoms with Crippen LogP contribution in [0.3, 0.4) is 0 Å².